The summed E-state index contributed by atoms with van der Waals surface area (Å²) in [5.41, 5.74) is 0.974. The van der Waals surface area contributed by atoms with Crippen LogP contribution in [0.3, 0.4) is 0 Å². The van der Waals surface area contributed by atoms with Gasteiger partial charge in [-0.1, -0.05) is 16.9 Å². The Morgan fingerprint density at radius 2 is 2.35 bits per heavy atom. The number of tetrazole rings is 1. The van der Waals surface area contributed by atoms with E-state index >= 15 is 0 Å². The normalized spacial score (nSPS) is 11.3. The highest BCUT2D eigenvalue weighted by Crippen LogP contribution is 2.23. The predicted octanol–water partition coefficient (Wildman–Crippen LogP) is 2.66. The molecule has 0 bridgehead atoms. The molecule has 0 unspecified atom stereocenters. The average molecular weight is 308 g/mol. The van der Waals surface area contributed by atoms with Crippen LogP contribution in [0.1, 0.15) is 25.8 Å². The van der Waals surface area contributed by atoms with Crippen molar-refractivity contribution in [3.05, 3.63) is 22.7 Å². The van der Waals surface area contributed by atoms with E-state index in [1.807, 2.05) is 30.7 Å². The van der Waals surface area contributed by atoms with Crippen LogP contribution in [0.25, 0.3) is 11.4 Å². The summed E-state index contributed by atoms with van der Waals surface area (Å²) in [5.74, 6) is 1.73. The van der Waals surface area contributed by atoms with Crippen LogP contribution < -0.4 is 0 Å². The second kappa shape index (κ2) is 5.71. The van der Waals surface area contributed by atoms with Crippen LogP contribution in [0.4, 0.5) is 0 Å². The first kappa shape index (κ1) is 13.3. The lowest BCUT2D eigenvalue weighted by Crippen LogP contribution is -2.04. The van der Waals surface area contributed by atoms with E-state index in [2.05, 4.69) is 25.7 Å². The van der Waals surface area contributed by atoms with Crippen molar-refractivity contribution in [1.29, 1.82) is 0 Å². The van der Waals surface area contributed by atoms with Crippen LogP contribution in [-0.2, 0) is 5.75 Å². The lowest BCUT2D eigenvalue weighted by Gasteiger charge is -2.05. The van der Waals surface area contributed by atoms with Crippen LogP contribution in [0.15, 0.2) is 26.5 Å². The van der Waals surface area contributed by atoms with Gasteiger partial charge >= 0.3 is 0 Å². The number of thioether (sulfide) groups is 1. The molecule has 0 saturated heterocycles. The summed E-state index contributed by atoms with van der Waals surface area (Å²) in [4.78, 5) is 4.36. The van der Waals surface area contributed by atoms with Crippen molar-refractivity contribution in [2.24, 2.45) is 0 Å². The summed E-state index contributed by atoms with van der Waals surface area (Å²) < 4.78 is 7.00. The zero-order valence-corrected chi connectivity index (χ0v) is 12.6. The van der Waals surface area contributed by atoms with Gasteiger partial charge in [-0.3, -0.25) is 0 Å². The molecule has 0 N–H and O–H groups in total. The smallest absolute Gasteiger partial charge is 0.237 e. The number of hydrogen-bond acceptors (Lipinski definition) is 8. The van der Waals surface area contributed by atoms with Crippen molar-refractivity contribution in [3.8, 4) is 11.4 Å². The third kappa shape index (κ3) is 2.73. The van der Waals surface area contributed by atoms with Crippen LogP contribution in [0.2, 0.25) is 0 Å². The molecule has 3 heterocycles. The van der Waals surface area contributed by atoms with E-state index in [1.165, 1.54) is 11.8 Å². The number of thiophene rings is 1. The highest BCUT2D eigenvalue weighted by molar-refractivity contribution is 7.98. The first-order valence-corrected chi connectivity index (χ1v) is 7.92. The van der Waals surface area contributed by atoms with E-state index in [4.69, 9.17) is 4.52 Å². The Bertz CT molecular complexity index is 675. The number of hydrogen-bond donors (Lipinski definition) is 0. The van der Waals surface area contributed by atoms with Crippen molar-refractivity contribution >= 4 is 23.1 Å². The lowest BCUT2D eigenvalue weighted by atomic mass is 10.3. The summed E-state index contributed by atoms with van der Waals surface area (Å²) in [5, 5.41) is 20.3. The molecule has 0 fully saturated rings. The largest absolute Gasteiger partial charge is 0.338 e. The molecule has 0 saturated carbocycles. The summed E-state index contributed by atoms with van der Waals surface area (Å²) in [6.07, 6.45) is 0. The van der Waals surface area contributed by atoms with E-state index in [1.54, 1.807) is 16.0 Å². The molecular formula is C11H12N6OS2. The first-order valence-electron chi connectivity index (χ1n) is 6.00. The zero-order chi connectivity index (χ0) is 13.9. The first-order chi connectivity index (χ1) is 9.74. The van der Waals surface area contributed by atoms with Gasteiger partial charge in [0.15, 0.2) is 0 Å². The number of rotatable bonds is 5. The second-order valence-corrected chi connectivity index (χ2v) is 6.03. The highest BCUT2D eigenvalue weighted by atomic mass is 32.2. The monoisotopic (exact) mass is 308 g/mol. The highest BCUT2D eigenvalue weighted by Gasteiger charge is 2.13. The maximum Gasteiger partial charge on any atom is 0.237 e. The molecule has 9 heteroatoms. The Hall–Kier alpha value is -1.74. The maximum atomic E-state index is 5.23. The molecular weight excluding hydrogens is 296 g/mol. The van der Waals surface area contributed by atoms with E-state index in [9.17, 15) is 0 Å². The summed E-state index contributed by atoms with van der Waals surface area (Å²) >= 11 is 3.08. The molecule has 0 atom stereocenters. The summed E-state index contributed by atoms with van der Waals surface area (Å²) in [6, 6.07) is 2.18. The Morgan fingerprint density at radius 1 is 1.45 bits per heavy atom. The molecule has 0 radical (unpaired) electrons. The van der Waals surface area contributed by atoms with Crippen molar-refractivity contribution in [2.75, 3.05) is 0 Å². The fraction of sp³-hybridized carbons (Fsp3) is 0.364. The Labute approximate surface area is 123 Å². The van der Waals surface area contributed by atoms with Gasteiger partial charge in [0.1, 0.15) is 0 Å². The van der Waals surface area contributed by atoms with Crippen molar-refractivity contribution in [2.45, 2.75) is 30.8 Å². The van der Waals surface area contributed by atoms with Gasteiger partial charge in [-0.15, -0.1) is 5.10 Å². The minimum atomic E-state index is 0.219. The standard InChI is InChI=1S/C11H12N6OS2/c1-7(2)17-11(13-15-16-17)20-6-9-12-10(14-18-9)8-3-4-19-5-8/h3-5,7H,6H2,1-2H3. The summed E-state index contributed by atoms with van der Waals surface area (Å²) in [6.45, 7) is 4.06. The maximum absolute atomic E-state index is 5.23. The van der Waals surface area contributed by atoms with Gasteiger partial charge in [-0.05, 0) is 35.7 Å². The molecule has 0 aliphatic heterocycles. The second-order valence-electron chi connectivity index (χ2n) is 4.31. The lowest BCUT2D eigenvalue weighted by molar-refractivity contribution is 0.391. The molecule has 0 amide bonds. The van der Waals surface area contributed by atoms with Crippen LogP contribution in [-0.4, -0.2) is 30.3 Å². The van der Waals surface area contributed by atoms with E-state index in [-0.39, 0.29) is 6.04 Å². The summed E-state index contributed by atoms with van der Waals surface area (Å²) in [7, 11) is 0. The molecule has 0 aliphatic rings. The molecule has 7 nitrogen and oxygen atoms in total. The minimum absolute atomic E-state index is 0.219. The van der Waals surface area contributed by atoms with Gasteiger partial charge < -0.3 is 4.52 Å². The zero-order valence-electron chi connectivity index (χ0n) is 10.9. The fourth-order valence-electron chi connectivity index (χ4n) is 1.55. The minimum Gasteiger partial charge on any atom is -0.338 e. The quantitative estimate of drug-likeness (QED) is 0.670. The van der Waals surface area contributed by atoms with Crippen molar-refractivity contribution in [3.63, 3.8) is 0 Å². The molecule has 104 valence electrons. The molecule has 3 aromatic rings. The Balaban J connectivity index is 1.68. The molecule has 20 heavy (non-hydrogen) atoms. The van der Waals surface area contributed by atoms with Gasteiger partial charge in [0, 0.05) is 10.9 Å². The average Bonchev–Trinajstić information content (AvgIpc) is 3.16. The van der Waals surface area contributed by atoms with Crippen molar-refractivity contribution in [1.82, 2.24) is 30.3 Å². The predicted molar refractivity (Wildman–Crippen MR) is 75.4 cm³/mol. The SMILES string of the molecule is CC(C)n1nnnc1SCc1nc(-c2ccsc2)no1. The molecule has 0 aliphatic carbocycles. The van der Waals surface area contributed by atoms with Gasteiger partial charge in [0.2, 0.25) is 16.9 Å². The number of aromatic nitrogens is 6. The van der Waals surface area contributed by atoms with Gasteiger partial charge in [-0.25, -0.2) is 4.68 Å². The third-order valence-electron chi connectivity index (χ3n) is 2.52. The Kier molecular flexibility index (Phi) is 3.79. The molecule has 0 spiro atoms. The van der Waals surface area contributed by atoms with E-state index < -0.39 is 0 Å². The van der Waals surface area contributed by atoms with Crippen LogP contribution in [0, 0.1) is 0 Å². The number of nitrogens with zero attached hydrogens (tertiary/aromatic N) is 6. The topological polar surface area (TPSA) is 82.5 Å². The molecule has 3 aromatic heterocycles. The fourth-order valence-corrected chi connectivity index (χ4v) is 3.03. The van der Waals surface area contributed by atoms with E-state index in [0.29, 0.717) is 17.5 Å². The van der Waals surface area contributed by atoms with Crippen molar-refractivity contribution < 1.29 is 4.52 Å². The Morgan fingerprint density at radius 3 is 3.10 bits per heavy atom. The molecule has 3 rings (SSSR count). The molecule has 0 aromatic carbocycles. The van der Waals surface area contributed by atoms with Crippen LogP contribution in [0.5, 0.6) is 0 Å². The van der Waals surface area contributed by atoms with E-state index in [0.717, 1.165) is 10.7 Å². The van der Waals surface area contributed by atoms with Gasteiger partial charge in [-0.2, -0.15) is 16.3 Å². The third-order valence-corrected chi connectivity index (χ3v) is 4.13. The van der Waals surface area contributed by atoms with Gasteiger partial charge in [0.25, 0.3) is 0 Å². The van der Waals surface area contributed by atoms with Gasteiger partial charge in [0.05, 0.1) is 11.8 Å². The van der Waals surface area contributed by atoms with Crippen LogP contribution >= 0.6 is 23.1 Å².